The molecule has 114 valence electrons. The number of hydrogen-bond donors (Lipinski definition) is 1. The molecule has 1 N–H and O–H groups in total. The second-order valence-electron chi connectivity index (χ2n) is 4.19. The number of rotatable bonds is 4. The van der Waals surface area contributed by atoms with Crippen molar-refractivity contribution in [3.8, 4) is 0 Å². The lowest BCUT2D eigenvalue weighted by Gasteiger charge is -2.28. The minimum atomic E-state index is -6.36. The molecule has 0 saturated heterocycles. The first kappa shape index (κ1) is 16.7. The Balaban J connectivity index is 3.17. The van der Waals surface area contributed by atoms with Gasteiger partial charge in [0.25, 0.3) is 0 Å². The molecule has 0 fully saturated rings. The minimum Gasteiger partial charge on any atom is -0.388 e. The molecular weight excluding hydrogens is 293 g/mol. The molecule has 0 spiro atoms. The van der Waals surface area contributed by atoms with E-state index in [0.29, 0.717) is 12.1 Å². The van der Waals surface area contributed by atoms with Crippen LogP contribution in [-0.4, -0.2) is 17.2 Å². The Labute approximate surface area is 110 Å². The van der Waals surface area contributed by atoms with Gasteiger partial charge < -0.3 is 5.11 Å². The highest BCUT2D eigenvalue weighted by Crippen LogP contribution is 2.51. The van der Waals surface area contributed by atoms with Crippen molar-refractivity contribution in [2.75, 3.05) is 0 Å². The van der Waals surface area contributed by atoms with Gasteiger partial charge in [-0.3, -0.25) is 0 Å². The Morgan fingerprint density at radius 3 is 1.75 bits per heavy atom. The topological polar surface area (TPSA) is 20.2 Å². The van der Waals surface area contributed by atoms with E-state index < -0.39 is 29.7 Å². The molecule has 0 heterocycles. The van der Waals surface area contributed by atoms with Gasteiger partial charge in [-0.05, 0) is 12.0 Å². The summed E-state index contributed by atoms with van der Waals surface area (Å²) in [6.45, 7) is 1.59. The van der Waals surface area contributed by atoms with E-state index >= 15 is 0 Å². The second-order valence-corrected chi connectivity index (χ2v) is 4.19. The van der Waals surface area contributed by atoms with Gasteiger partial charge >= 0.3 is 18.0 Å². The summed E-state index contributed by atoms with van der Waals surface area (Å²) >= 11 is 0. The molecule has 0 aliphatic heterocycles. The standard InChI is InChI=1S/C12H11F7O/c1-2-9(20)7-3-5-8(6-4-7)10(13,14)11(15,16)12(17,18)19/h3-6,9,20H,2H2,1H3. The first-order chi connectivity index (χ1) is 8.95. The highest BCUT2D eigenvalue weighted by molar-refractivity contribution is 5.29. The maximum absolute atomic E-state index is 13.3. The molecule has 8 heteroatoms. The number of aliphatic hydroxyl groups excluding tert-OH is 1. The predicted octanol–water partition coefficient (Wildman–Crippen LogP) is 4.42. The number of hydrogen-bond acceptors (Lipinski definition) is 1. The SMILES string of the molecule is CCC(O)c1ccc(C(F)(F)C(F)(F)C(F)(F)F)cc1. The Hall–Kier alpha value is -1.31. The zero-order valence-electron chi connectivity index (χ0n) is 10.2. The number of halogens is 7. The van der Waals surface area contributed by atoms with E-state index in [1.165, 1.54) is 0 Å². The summed E-state index contributed by atoms with van der Waals surface area (Å²) < 4.78 is 88.2. The zero-order valence-corrected chi connectivity index (χ0v) is 10.2. The van der Waals surface area contributed by atoms with Crippen LogP contribution in [-0.2, 0) is 5.92 Å². The van der Waals surface area contributed by atoms with Crippen molar-refractivity contribution in [2.24, 2.45) is 0 Å². The van der Waals surface area contributed by atoms with Crippen LogP contribution in [0.5, 0.6) is 0 Å². The van der Waals surface area contributed by atoms with Gasteiger partial charge in [0.2, 0.25) is 0 Å². The largest absolute Gasteiger partial charge is 0.460 e. The highest BCUT2D eigenvalue weighted by atomic mass is 19.4. The predicted molar refractivity (Wildman–Crippen MR) is 56.6 cm³/mol. The second kappa shape index (κ2) is 5.23. The maximum Gasteiger partial charge on any atom is 0.460 e. The summed E-state index contributed by atoms with van der Waals surface area (Å²) in [4.78, 5) is 0. The molecule has 1 nitrogen and oxygen atoms in total. The lowest BCUT2D eigenvalue weighted by molar-refractivity contribution is -0.359. The molecule has 1 aromatic rings. The van der Waals surface area contributed by atoms with Crippen molar-refractivity contribution in [3.63, 3.8) is 0 Å². The summed E-state index contributed by atoms with van der Waals surface area (Å²) in [5.74, 6) is -11.6. The third-order valence-corrected chi connectivity index (χ3v) is 2.80. The van der Waals surface area contributed by atoms with Gasteiger partial charge in [-0.2, -0.15) is 30.7 Å². The van der Waals surface area contributed by atoms with Crippen LogP contribution < -0.4 is 0 Å². The Bertz CT molecular complexity index is 450. The minimum absolute atomic E-state index is 0.155. The fourth-order valence-electron chi connectivity index (χ4n) is 1.51. The van der Waals surface area contributed by atoms with E-state index in [1.807, 2.05) is 0 Å². The third kappa shape index (κ3) is 2.74. The summed E-state index contributed by atoms with van der Waals surface area (Å²) in [7, 11) is 0. The fourth-order valence-corrected chi connectivity index (χ4v) is 1.51. The van der Waals surface area contributed by atoms with Gasteiger partial charge in [-0.25, -0.2) is 0 Å². The van der Waals surface area contributed by atoms with Gasteiger partial charge in [0, 0.05) is 5.56 Å². The molecule has 0 amide bonds. The van der Waals surface area contributed by atoms with Gasteiger partial charge in [0.1, 0.15) is 0 Å². The lowest BCUT2D eigenvalue weighted by Crippen LogP contribution is -2.50. The average Bonchev–Trinajstić information content (AvgIpc) is 2.36. The summed E-state index contributed by atoms with van der Waals surface area (Å²) in [5.41, 5.74) is -1.31. The Morgan fingerprint density at radius 1 is 0.950 bits per heavy atom. The number of benzene rings is 1. The van der Waals surface area contributed by atoms with E-state index in [1.54, 1.807) is 6.92 Å². The van der Waals surface area contributed by atoms with E-state index in [0.717, 1.165) is 12.1 Å². The van der Waals surface area contributed by atoms with Gasteiger partial charge in [0.15, 0.2) is 0 Å². The average molecular weight is 304 g/mol. The molecule has 0 aromatic heterocycles. The Morgan fingerprint density at radius 2 is 1.40 bits per heavy atom. The molecule has 0 aliphatic carbocycles. The number of aliphatic hydroxyl groups is 1. The van der Waals surface area contributed by atoms with Crippen LogP contribution in [0.1, 0.15) is 30.6 Å². The first-order valence-corrected chi connectivity index (χ1v) is 5.56. The molecular formula is C12H11F7O. The monoisotopic (exact) mass is 304 g/mol. The van der Waals surface area contributed by atoms with Gasteiger partial charge in [-0.1, -0.05) is 31.2 Å². The molecule has 0 radical (unpaired) electrons. The third-order valence-electron chi connectivity index (χ3n) is 2.80. The normalized spacial score (nSPS) is 15.2. The van der Waals surface area contributed by atoms with Crippen molar-refractivity contribution in [1.82, 2.24) is 0 Å². The van der Waals surface area contributed by atoms with Crippen molar-refractivity contribution in [1.29, 1.82) is 0 Å². The molecule has 0 aliphatic rings. The quantitative estimate of drug-likeness (QED) is 0.816. The van der Waals surface area contributed by atoms with Gasteiger partial charge in [0.05, 0.1) is 6.10 Å². The molecule has 1 unspecified atom stereocenters. The molecule has 1 aromatic carbocycles. The van der Waals surface area contributed by atoms with Crippen molar-refractivity contribution >= 4 is 0 Å². The van der Waals surface area contributed by atoms with Crippen LogP contribution in [0, 0.1) is 0 Å². The summed E-state index contributed by atoms with van der Waals surface area (Å²) in [6, 6.07) is 2.69. The van der Waals surface area contributed by atoms with Crippen molar-refractivity contribution in [3.05, 3.63) is 35.4 Å². The van der Waals surface area contributed by atoms with Crippen molar-refractivity contribution < 1.29 is 35.8 Å². The fraction of sp³-hybridized carbons (Fsp3) is 0.500. The smallest absolute Gasteiger partial charge is 0.388 e. The van der Waals surface area contributed by atoms with E-state index in [2.05, 4.69) is 0 Å². The zero-order chi connectivity index (χ0) is 15.8. The molecule has 1 rings (SSSR count). The number of alkyl halides is 7. The molecule has 0 bridgehead atoms. The van der Waals surface area contributed by atoms with Crippen LogP contribution >= 0.6 is 0 Å². The van der Waals surface area contributed by atoms with Crippen LogP contribution in [0.4, 0.5) is 30.7 Å². The Kier molecular flexibility index (Phi) is 4.38. The molecule has 1 atom stereocenters. The lowest BCUT2D eigenvalue weighted by atomic mass is 9.98. The van der Waals surface area contributed by atoms with Crippen LogP contribution in [0.3, 0.4) is 0 Å². The highest BCUT2D eigenvalue weighted by Gasteiger charge is 2.73. The molecule has 20 heavy (non-hydrogen) atoms. The maximum atomic E-state index is 13.3. The van der Waals surface area contributed by atoms with Crippen LogP contribution in [0.15, 0.2) is 24.3 Å². The molecule has 0 saturated carbocycles. The first-order valence-electron chi connectivity index (χ1n) is 5.56. The van der Waals surface area contributed by atoms with Crippen molar-refractivity contribution in [2.45, 2.75) is 37.5 Å². The van der Waals surface area contributed by atoms with E-state index in [4.69, 9.17) is 0 Å². The van der Waals surface area contributed by atoms with Crippen LogP contribution in [0.25, 0.3) is 0 Å². The summed E-state index contributed by atoms with van der Waals surface area (Å²) in [5, 5.41) is 9.40. The summed E-state index contributed by atoms with van der Waals surface area (Å²) in [6.07, 6.45) is -7.12. The van der Waals surface area contributed by atoms with E-state index in [-0.39, 0.29) is 12.0 Å². The van der Waals surface area contributed by atoms with Crippen LogP contribution in [0.2, 0.25) is 0 Å². The van der Waals surface area contributed by atoms with E-state index in [9.17, 15) is 35.8 Å². The van der Waals surface area contributed by atoms with Gasteiger partial charge in [-0.15, -0.1) is 0 Å².